The van der Waals surface area contributed by atoms with Crippen molar-refractivity contribution in [3.8, 4) is 0 Å². The minimum atomic E-state index is 0.365. The van der Waals surface area contributed by atoms with Crippen molar-refractivity contribution in [1.82, 2.24) is 15.2 Å². The van der Waals surface area contributed by atoms with E-state index in [2.05, 4.69) is 25.8 Å². The van der Waals surface area contributed by atoms with Gasteiger partial charge in [-0.05, 0) is 43.2 Å². The molecule has 0 saturated carbocycles. The number of para-hydroxylation sites is 1. The lowest BCUT2D eigenvalue weighted by Gasteiger charge is -2.12. The predicted molar refractivity (Wildman–Crippen MR) is 98.8 cm³/mol. The van der Waals surface area contributed by atoms with Crippen LogP contribution in [0.25, 0.3) is 0 Å². The number of anilines is 4. The molecule has 0 amide bonds. The highest BCUT2D eigenvalue weighted by Crippen LogP contribution is 2.27. The van der Waals surface area contributed by atoms with Gasteiger partial charge >= 0.3 is 0 Å². The van der Waals surface area contributed by atoms with Gasteiger partial charge in [-0.15, -0.1) is 5.10 Å². The van der Waals surface area contributed by atoms with E-state index in [0.29, 0.717) is 21.8 Å². The number of aryl methyl sites for hydroxylation is 2. The van der Waals surface area contributed by atoms with Crippen molar-refractivity contribution in [1.29, 1.82) is 0 Å². The Balaban J connectivity index is 1.82. The molecule has 0 saturated heterocycles. The predicted octanol–water partition coefficient (Wildman–Crippen LogP) is 5.28. The van der Waals surface area contributed by atoms with Crippen molar-refractivity contribution in [3.05, 3.63) is 63.8 Å². The molecule has 5 nitrogen and oxygen atoms in total. The van der Waals surface area contributed by atoms with Gasteiger partial charge in [0.2, 0.25) is 5.95 Å². The molecule has 7 heteroatoms. The van der Waals surface area contributed by atoms with Crippen LogP contribution in [0.5, 0.6) is 0 Å². The van der Waals surface area contributed by atoms with Crippen LogP contribution in [0.1, 0.15) is 11.1 Å². The van der Waals surface area contributed by atoms with E-state index in [4.69, 9.17) is 23.2 Å². The highest BCUT2D eigenvalue weighted by Gasteiger charge is 2.07. The summed E-state index contributed by atoms with van der Waals surface area (Å²) in [5.41, 5.74) is 4.01. The minimum Gasteiger partial charge on any atom is -0.338 e. The average molecular weight is 360 g/mol. The third-order valence-electron chi connectivity index (χ3n) is 3.47. The monoisotopic (exact) mass is 359 g/mol. The van der Waals surface area contributed by atoms with E-state index in [0.717, 1.165) is 22.5 Å². The SMILES string of the molecule is Cc1cccc(C)c1Nc1cnnc(Nc2ccc(Cl)c(Cl)c2)n1. The summed E-state index contributed by atoms with van der Waals surface area (Å²) < 4.78 is 0. The minimum absolute atomic E-state index is 0.365. The van der Waals surface area contributed by atoms with Gasteiger partial charge in [0.1, 0.15) is 0 Å². The Bertz CT molecular complexity index is 862. The molecule has 24 heavy (non-hydrogen) atoms. The molecular formula is C17H15Cl2N5. The second-order valence-electron chi connectivity index (χ2n) is 5.31. The highest BCUT2D eigenvalue weighted by molar-refractivity contribution is 6.42. The number of nitrogens with one attached hydrogen (secondary N) is 2. The number of nitrogens with zero attached hydrogens (tertiary/aromatic N) is 3. The zero-order valence-electron chi connectivity index (χ0n) is 13.1. The Morgan fingerprint density at radius 3 is 2.38 bits per heavy atom. The Hall–Kier alpha value is -2.37. The topological polar surface area (TPSA) is 62.7 Å². The fourth-order valence-electron chi connectivity index (χ4n) is 2.26. The lowest BCUT2D eigenvalue weighted by Crippen LogP contribution is -2.03. The molecule has 0 spiro atoms. The van der Waals surface area contributed by atoms with Crippen LogP contribution in [-0.4, -0.2) is 15.2 Å². The molecule has 3 rings (SSSR count). The lowest BCUT2D eigenvalue weighted by atomic mass is 10.1. The van der Waals surface area contributed by atoms with Crippen LogP contribution in [0.15, 0.2) is 42.6 Å². The van der Waals surface area contributed by atoms with Crippen LogP contribution in [0.2, 0.25) is 10.0 Å². The molecule has 2 aromatic carbocycles. The summed E-state index contributed by atoms with van der Waals surface area (Å²) in [6.07, 6.45) is 1.58. The van der Waals surface area contributed by atoms with E-state index in [1.165, 1.54) is 0 Å². The van der Waals surface area contributed by atoms with E-state index >= 15 is 0 Å². The summed E-state index contributed by atoms with van der Waals surface area (Å²) in [4.78, 5) is 4.43. The third-order valence-corrected chi connectivity index (χ3v) is 4.21. The van der Waals surface area contributed by atoms with Crippen molar-refractivity contribution in [2.24, 2.45) is 0 Å². The van der Waals surface area contributed by atoms with Crippen LogP contribution >= 0.6 is 23.2 Å². The number of rotatable bonds is 4. The first-order valence-electron chi connectivity index (χ1n) is 7.28. The summed E-state index contributed by atoms with van der Waals surface area (Å²) in [7, 11) is 0. The lowest BCUT2D eigenvalue weighted by molar-refractivity contribution is 0.982. The molecule has 1 aromatic heterocycles. The number of hydrogen-bond acceptors (Lipinski definition) is 5. The third kappa shape index (κ3) is 3.75. The first-order chi connectivity index (χ1) is 11.5. The maximum Gasteiger partial charge on any atom is 0.249 e. The quantitative estimate of drug-likeness (QED) is 0.663. The second kappa shape index (κ2) is 7.03. The molecule has 3 aromatic rings. The van der Waals surface area contributed by atoms with Gasteiger partial charge in [-0.2, -0.15) is 10.1 Å². The Morgan fingerprint density at radius 2 is 1.67 bits per heavy atom. The molecule has 2 N–H and O–H groups in total. The zero-order chi connectivity index (χ0) is 17.1. The molecule has 0 aliphatic rings. The van der Waals surface area contributed by atoms with E-state index < -0.39 is 0 Å². The van der Waals surface area contributed by atoms with Crippen molar-refractivity contribution in [2.45, 2.75) is 13.8 Å². The molecule has 0 bridgehead atoms. The second-order valence-corrected chi connectivity index (χ2v) is 6.13. The van der Waals surface area contributed by atoms with Gasteiger partial charge in [0.15, 0.2) is 5.82 Å². The number of benzene rings is 2. The van der Waals surface area contributed by atoms with Gasteiger partial charge in [0, 0.05) is 11.4 Å². The van der Waals surface area contributed by atoms with Crippen LogP contribution in [0.4, 0.5) is 23.1 Å². The van der Waals surface area contributed by atoms with Gasteiger partial charge < -0.3 is 10.6 Å². The summed E-state index contributed by atoms with van der Waals surface area (Å²) in [6, 6.07) is 11.3. The molecule has 1 heterocycles. The van der Waals surface area contributed by atoms with E-state index in [9.17, 15) is 0 Å². The van der Waals surface area contributed by atoms with E-state index in [1.807, 2.05) is 32.0 Å². The Labute approximate surface area is 150 Å². The normalized spacial score (nSPS) is 10.5. The molecule has 122 valence electrons. The average Bonchev–Trinajstić information content (AvgIpc) is 2.55. The smallest absolute Gasteiger partial charge is 0.249 e. The fraction of sp³-hybridized carbons (Fsp3) is 0.118. The molecule has 0 aliphatic carbocycles. The van der Waals surface area contributed by atoms with Crippen molar-refractivity contribution >= 4 is 46.3 Å². The molecule has 0 fully saturated rings. The van der Waals surface area contributed by atoms with Gasteiger partial charge in [-0.1, -0.05) is 41.4 Å². The van der Waals surface area contributed by atoms with Crippen molar-refractivity contribution < 1.29 is 0 Å². The highest BCUT2D eigenvalue weighted by atomic mass is 35.5. The Kier molecular flexibility index (Phi) is 4.83. The first kappa shape index (κ1) is 16.5. The number of halogens is 2. The molecule has 0 atom stereocenters. The fourth-order valence-corrected chi connectivity index (χ4v) is 2.56. The molecule has 0 aliphatic heterocycles. The van der Waals surface area contributed by atoms with Crippen LogP contribution in [0.3, 0.4) is 0 Å². The summed E-state index contributed by atoms with van der Waals surface area (Å²) >= 11 is 11.9. The molecular weight excluding hydrogens is 345 g/mol. The maximum absolute atomic E-state index is 6.01. The summed E-state index contributed by atoms with van der Waals surface area (Å²) in [5, 5.41) is 15.3. The number of hydrogen-bond donors (Lipinski definition) is 2. The van der Waals surface area contributed by atoms with Gasteiger partial charge in [-0.25, -0.2) is 0 Å². The standard InChI is InChI=1S/C17H15Cl2N5/c1-10-4-3-5-11(2)16(10)22-15-9-20-24-17(23-15)21-12-6-7-13(18)14(19)8-12/h3-9H,1-2H3,(H2,21,22,23,24). The summed E-state index contributed by atoms with van der Waals surface area (Å²) in [5.74, 6) is 0.967. The largest absolute Gasteiger partial charge is 0.338 e. The van der Waals surface area contributed by atoms with Crippen molar-refractivity contribution in [2.75, 3.05) is 10.6 Å². The van der Waals surface area contributed by atoms with Crippen LogP contribution < -0.4 is 10.6 Å². The van der Waals surface area contributed by atoms with E-state index in [-0.39, 0.29) is 0 Å². The van der Waals surface area contributed by atoms with Crippen molar-refractivity contribution in [3.63, 3.8) is 0 Å². The van der Waals surface area contributed by atoms with Gasteiger partial charge in [0.05, 0.1) is 16.2 Å². The van der Waals surface area contributed by atoms with Gasteiger partial charge in [-0.3, -0.25) is 0 Å². The molecule has 0 radical (unpaired) electrons. The van der Waals surface area contributed by atoms with Crippen LogP contribution in [0, 0.1) is 13.8 Å². The zero-order valence-corrected chi connectivity index (χ0v) is 14.7. The van der Waals surface area contributed by atoms with Gasteiger partial charge in [0.25, 0.3) is 0 Å². The maximum atomic E-state index is 6.01. The Morgan fingerprint density at radius 1 is 0.917 bits per heavy atom. The molecule has 0 unspecified atom stereocenters. The summed E-state index contributed by atoms with van der Waals surface area (Å²) in [6.45, 7) is 4.08. The number of aromatic nitrogens is 3. The first-order valence-corrected chi connectivity index (χ1v) is 8.03. The van der Waals surface area contributed by atoms with E-state index in [1.54, 1.807) is 24.4 Å². The van der Waals surface area contributed by atoms with Crippen LogP contribution in [-0.2, 0) is 0 Å².